The number of allylic oxidation sites excluding steroid dienone is 5. The summed E-state index contributed by atoms with van der Waals surface area (Å²) in [5.74, 6) is -2.10. The standard InChI is InChI=1S/C38H55NO8/c1-9-22(2)16-26(6)34-27(7)32(39-43-8)20-37(47-34)19-30-18-29(46-37)14-13-24(4)15-23(3)11-10-12-28-21-44-35-33(40)25(5)17-31(36(41)45-30)38(28,35)42/h10-13,16-17,22-23,27,29-31,33-35,40,42H,9,14-15,18-21H2,1-8H3/b11-10+,24-13+,26-16+,28-12+,39-32+/t22?,23-,27-,29+,30-,31-,33+,34+,35+,37?,38+/m0/s1. The van der Waals surface area contributed by atoms with Gasteiger partial charge in [-0.1, -0.05) is 81.3 Å². The minimum absolute atomic E-state index is 0.0337. The third-order valence-corrected chi connectivity index (χ3v) is 10.7. The maximum absolute atomic E-state index is 14.2. The molecule has 5 aliphatic rings. The van der Waals surface area contributed by atoms with E-state index in [9.17, 15) is 15.0 Å². The number of carbonyl (C=O) groups excluding carboxylic acids is 1. The number of hydrogen-bond acceptors (Lipinski definition) is 9. The van der Waals surface area contributed by atoms with Gasteiger partial charge in [0.15, 0.2) is 5.79 Å². The lowest BCUT2D eigenvalue weighted by Gasteiger charge is -2.50. The highest BCUT2D eigenvalue weighted by atomic mass is 16.7. The summed E-state index contributed by atoms with van der Waals surface area (Å²) in [7, 11) is 1.55. The van der Waals surface area contributed by atoms with Crippen molar-refractivity contribution in [3.8, 4) is 0 Å². The molecule has 2 unspecified atom stereocenters. The van der Waals surface area contributed by atoms with Crippen molar-refractivity contribution in [2.75, 3.05) is 13.7 Å². The van der Waals surface area contributed by atoms with Gasteiger partial charge in [0.25, 0.3) is 0 Å². The molecule has 2 N–H and O–H groups in total. The molecule has 3 saturated heterocycles. The molecule has 47 heavy (non-hydrogen) atoms. The Labute approximate surface area is 280 Å². The second kappa shape index (κ2) is 14.5. The molecule has 260 valence electrons. The largest absolute Gasteiger partial charge is 0.462 e. The highest BCUT2D eigenvalue weighted by molar-refractivity contribution is 5.88. The summed E-state index contributed by atoms with van der Waals surface area (Å²) in [5, 5.41) is 27.6. The number of aliphatic hydroxyl groups is 2. The van der Waals surface area contributed by atoms with Crippen LogP contribution in [0.1, 0.15) is 87.0 Å². The van der Waals surface area contributed by atoms with Crippen LogP contribution in [0.4, 0.5) is 0 Å². The van der Waals surface area contributed by atoms with E-state index in [0.29, 0.717) is 42.7 Å². The Kier molecular flexibility index (Phi) is 11.0. The van der Waals surface area contributed by atoms with Gasteiger partial charge in [-0.25, -0.2) is 0 Å². The number of oxime groups is 1. The Morgan fingerprint density at radius 2 is 2.00 bits per heavy atom. The van der Waals surface area contributed by atoms with Crippen molar-refractivity contribution in [1.29, 1.82) is 0 Å². The average molecular weight is 654 g/mol. The molecular formula is C38H55NO8. The molecule has 0 aromatic rings. The van der Waals surface area contributed by atoms with E-state index in [1.807, 2.05) is 12.2 Å². The number of ether oxygens (including phenoxy) is 4. The summed E-state index contributed by atoms with van der Waals surface area (Å²) >= 11 is 0. The van der Waals surface area contributed by atoms with Gasteiger partial charge >= 0.3 is 5.97 Å². The SMILES string of the molecule is CCC(C)/C=C(\C)[C@H]1OC2(C/C(=N\OC)[C@@H]1C)C[C@@H]1C[C@@H](C/C=C(\C)C[C@@H](C)/C=C/C=C3\CO[C@@H]4[C@H](O)C(C)=C[C@@H](C(=O)O1)[C@]34O)O2. The third-order valence-electron chi connectivity index (χ3n) is 10.7. The van der Waals surface area contributed by atoms with Gasteiger partial charge in [-0.15, -0.1) is 0 Å². The fourth-order valence-electron chi connectivity index (χ4n) is 7.98. The first-order valence-electron chi connectivity index (χ1n) is 17.4. The van der Waals surface area contributed by atoms with Crippen LogP contribution in [-0.2, 0) is 28.6 Å². The summed E-state index contributed by atoms with van der Waals surface area (Å²) in [6.45, 7) is 14.7. The molecule has 0 amide bonds. The number of fused-ring (bicyclic) bond motifs is 2. The molecule has 0 aromatic heterocycles. The van der Waals surface area contributed by atoms with Gasteiger partial charge in [0, 0.05) is 25.2 Å². The van der Waals surface area contributed by atoms with Crippen molar-refractivity contribution in [3.63, 3.8) is 0 Å². The molecule has 9 heteroatoms. The highest BCUT2D eigenvalue weighted by Crippen LogP contribution is 2.47. The average Bonchev–Trinajstić information content (AvgIpc) is 3.35. The number of nitrogens with zero attached hydrogens (tertiary/aromatic N) is 1. The van der Waals surface area contributed by atoms with Crippen LogP contribution in [0.3, 0.4) is 0 Å². The molecule has 4 heterocycles. The van der Waals surface area contributed by atoms with E-state index in [1.54, 1.807) is 20.1 Å². The molecule has 1 aliphatic carbocycles. The fourth-order valence-corrected chi connectivity index (χ4v) is 7.98. The van der Waals surface area contributed by atoms with E-state index in [1.165, 1.54) is 5.57 Å². The Balaban J connectivity index is 1.55. The minimum Gasteiger partial charge on any atom is -0.462 e. The first-order chi connectivity index (χ1) is 22.3. The Morgan fingerprint density at radius 1 is 1.23 bits per heavy atom. The first kappa shape index (κ1) is 35.7. The second-order valence-electron chi connectivity index (χ2n) is 14.6. The highest BCUT2D eigenvalue weighted by Gasteiger charge is 2.60. The van der Waals surface area contributed by atoms with Crippen LogP contribution in [0.25, 0.3) is 0 Å². The molecule has 5 rings (SSSR count). The van der Waals surface area contributed by atoms with E-state index >= 15 is 0 Å². The maximum Gasteiger partial charge on any atom is 0.316 e. The molecule has 0 aromatic carbocycles. The van der Waals surface area contributed by atoms with E-state index in [2.05, 4.69) is 64.9 Å². The predicted octanol–water partition coefficient (Wildman–Crippen LogP) is 6.12. The van der Waals surface area contributed by atoms with Crippen LogP contribution in [0.2, 0.25) is 0 Å². The molecular weight excluding hydrogens is 598 g/mol. The topological polar surface area (TPSA) is 116 Å². The first-order valence-corrected chi connectivity index (χ1v) is 17.4. The summed E-state index contributed by atoms with van der Waals surface area (Å²) in [6, 6.07) is 0. The van der Waals surface area contributed by atoms with E-state index < -0.39 is 41.6 Å². The second-order valence-corrected chi connectivity index (χ2v) is 14.6. The van der Waals surface area contributed by atoms with Crippen LogP contribution in [0, 0.1) is 23.7 Å². The molecule has 9 nitrogen and oxygen atoms in total. The number of carbonyl (C=O) groups is 1. The summed E-state index contributed by atoms with van der Waals surface area (Å²) in [4.78, 5) is 19.5. The Hall–Kier alpha value is -2.56. The van der Waals surface area contributed by atoms with Crippen LogP contribution in [0.15, 0.2) is 63.9 Å². The lowest BCUT2D eigenvalue weighted by Crippen LogP contribution is -2.59. The molecule has 4 aliphatic heterocycles. The van der Waals surface area contributed by atoms with Gasteiger partial charge < -0.3 is 34.0 Å². The lowest BCUT2D eigenvalue weighted by atomic mass is 9.71. The zero-order chi connectivity index (χ0) is 34.1. The molecule has 11 atom stereocenters. The Morgan fingerprint density at radius 3 is 2.72 bits per heavy atom. The van der Waals surface area contributed by atoms with Crippen molar-refractivity contribution in [2.45, 2.75) is 129 Å². The monoisotopic (exact) mass is 653 g/mol. The number of hydrogen-bond donors (Lipinski definition) is 2. The summed E-state index contributed by atoms with van der Waals surface area (Å²) in [5.41, 5.74) is 2.57. The van der Waals surface area contributed by atoms with Gasteiger partial charge in [-0.2, -0.15) is 0 Å². The minimum atomic E-state index is -1.74. The van der Waals surface area contributed by atoms with Gasteiger partial charge in [0.2, 0.25) is 0 Å². The smallest absolute Gasteiger partial charge is 0.316 e. The number of rotatable bonds is 4. The number of esters is 1. The van der Waals surface area contributed by atoms with Gasteiger partial charge in [-0.3, -0.25) is 4.79 Å². The maximum atomic E-state index is 14.2. The van der Waals surface area contributed by atoms with E-state index in [4.69, 9.17) is 23.8 Å². The van der Waals surface area contributed by atoms with E-state index in [-0.39, 0.29) is 30.7 Å². The quantitative estimate of drug-likeness (QED) is 0.212. The molecule has 0 saturated carbocycles. The molecule has 1 spiro atoms. The zero-order valence-corrected chi connectivity index (χ0v) is 29.4. The lowest BCUT2D eigenvalue weighted by molar-refractivity contribution is -0.313. The summed E-state index contributed by atoms with van der Waals surface area (Å²) < 4.78 is 26.1. The number of aliphatic hydroxyl groups excluding tert-OH is 1. The fraction of sp³-hybridized carbons (Fsp3) is 0.684. The van der Waals surface area contributed by atoms with Gasteiger partial charge in [0.05, 0.1) is 24.5 Å². The Bertz CT molecular complexity index is 1360. The van der Waals surface area contributed by atoms with Crippen molar-refractivity contribution >= 4 is 11.7 Å². The van der Waals surface area contributed by atoms with Crippen LogP contribution >= 0.6 is 0 Å². The van der Waals surface area contributed by atoms with Crippen molar-refractivity contribution in [2.24, 2.45) is 28.8 Å². The van der Waals surface area contributed by atoms with Crippen molar-refractivity contribution in [1.82, 2.24) is 0 Å². The molecule has 0 radical (unpaired) electrons. The van der Waals surface area contributed by atoms with Crippen molar-refractivity contribution < 1.29 is 38.8 Å². The molecule has 3 fully saturated rings. The van der Waals surface area contributed by atoms with Gasteiger partial charge in [-0.05, 0) is 62.2 Å². The van der Waals surface area contributed by atoms with Crippen LogP contribution in [-0.4, -0.2) is 77.5 Å². The zero-order valence-electron chi connectivity index (χ0n) is 29.4. The summed E-state index contributed by atoms with van der Waals surface area (Å²) in [6.07, 6.45) is 12.5. The third kappa shape index (κ3) is 7.39. The van der Waals surface area contributed by atoms with E-state index in [0.717, 1.165) is 24.1 Å². The van der Waals surface area contributed by atoms with Gasteiger partial charge in [0.1, 0.15) is 36.9 Å². The van der Waals surface area contributed by atoms with Crippen LogP contribution < -0.4 is 0 Å². The normalized spacial score (nSPS) is 44.4. The van der Waals surface area contributed by atoms with Crippen molar-refractivity contribution in [3.05, 3.63) is 58.7 Å². The predicted molar refractivity (Wildman–Crippen MR) is 180 cm³/mol. The molecule has 2 bridgehead atoms. The van der Waals surface area contributed by atoms with Crippen LogP contribution in [0.5, 0.6) is 0 Å².